The van der Waals surface area contributed by atoms with Crippen LogP contribution < -0.4 is 30.8 Å². The predicted molar refractivity (Wildman–Crippen MR) is 119 cm³/mol. The van der Waals surface area contributed by atoms with Gasteiger partial charge in [0, 0.05) is 24.8 Å². The van der Waals surface area contributed by atoms with E-state index >= 15 is 0 Å². The second-order valence-corrected chi connectivity index (χ2v) is 7.86. The molecule has 3 unspecified atom stereocenters. The largest absolute Gasteiger partial charge is 0.595 e. The number of quaternary nitrogens is 2. The molecule has 1 aliphatic carbocycles. The van der Waals surface area contributed by atoms with Crippen molar-refractivity contribution in [2.24, 2.45) is 0 Å². The van der Waals surface area contributed by atoms with E-state index in [2.05, 4.69) is 20.9 Å². The SMILES string of the molecule is CC[NH+]1Cc2c(OC3=C(F)CC(NC(=O)Nc4cc([NH+]([O-])O)ccc4F)C=C3)ccnc2NC1=O. The fourth-order valence-electron chi connectivity index (χ4n) is 3.67. The van der Waals surface area contributed by atoms with Gasteiger partial charge in [-0.2, -0.15) is 5.23 Å². The lowest BCUT2D eigenvalue weighted by atomic mass is 10.1. The molecule has 0 fully saturated rings. The zero-order valence-electron chi connectivity index (χ0n) is 18.5. The molecule has 3 atom stereocenters. The zero-order valence-corrected chi connectivity index (χ0v) is 18.5. The number of hydrogen-bond acceptors (Lipinski definition) is 6. The van der Waals surface area contributed by atoms with E-state index < -0.39 is 28.9 Å². The number of fused-ring (bicyclic) bond motifs is 1. The number of pyridine rings is 1. The number of allylic oxidation sites excluding steroid dienone is 1. The summed E-state index contributed by atoms with van der Waals surface area (Å²) in [7, 11) is 0. The normalized spacial score (nSPS) is 20.1. The van der Waals surface area contributed by atoms with Gasteiger partial charge in [-0.15, -0.1) is 0 Å². The fourth-order valence-corrected chi connectivity index (χ4v) is 3.67. The van der Waals surface area contributed by atoms with Crippen LogP contribution in [0.3, 0.4) is 0 Å². The Hall–Kier alpha value is -3.91. The maximum absolute atomic E-state index is 14.8. The smallest absolute Gasteiger partial charge is 0.420 e. The van der Waals surface area contributed by atoms with Crippen LogP contribution in [0.1, 0.15) is 18.9 Å². The average Bonchev–Trinajstić information content (AvgIpc) is 2.81. The topological polar surface area (TPSA) is 145 Å². The van der Waals surface area contributed by atoms with E-state index in [4.69, 9.17) is 9.94 Å². The summed E-state index contributed by atoms with van der Waals surface area (Å²) in [6.45, 7) is 2.75. The molecule has 184 valence electrons. The molecule has 35 heavy (non-hydrogen) atoms. The molecule has 0 spiro atoms. The molecule has 6 N–H and O–H groups in total. The third-order valence-corrected chi connectivity index (χ3v) is 5.53. The summed E-state index contributed by atoms with van der Waals surface area (Å²) in [5.74, 6) is -0.769. The van der Waals surface area contributed by atoms with Crippen molar-refractivity contribution in [1.29, 1.82) is 0 Å². The number of carbonyl (C=O) groups is 2. The molecule has 4 rings (SSSR count). The van der Waals surface area contributed by atoms with Crippen LogP contribution in [-0.2, 0) is 6.54 Å². The van der Waals surface area contributed by atoms with Gasteiger partial charge >= 0.3 is 12.1 Å². The monoisotopic (exact) mass is 489 g/mol. The van der Waals surface area contributed by atoms with Crippen molar-refractivity contribution in [3.8, 4) is 5.75 Å². The first-order valence-corrected chi connectivity index (χ1v) is 10.7. The number of anilines is 2. The lowest BCUT2D eigenvalue weighted by molar-refractivity contribution is -0.991. The molecule has 2 heterocycles. The van der Waals surface area contributed by atoms with Gasteiger partial charge in [0.2, 0.25) is 0 Å². The van der Waals surface area contributed by atoms with E-state index in [0.29, 0.717) is 35.1 Å². The number of ether oxygens (including phenoxy) is 1. The van der Waals surface area contributed by atoms with Crippen LogP contribution in [0.25, 0.3) is 0 Å². The Labute approximate surface area is 198 Å². The molecule has 2 aromatic rings. The van der Waals surface area contributed by atoms with E-state index in [1.54, 1.807) is 6.07 Å². The summed E-state index contributed by atoms with van der Waals surface area (Å²) in [6.07, 6.45) is 4.12. The molecule has 4 amide bonds. The Bertz CT molecular complexity index is 1220. The van der Waals surface area contributed by atoms with E-state index in [1.807, 2.05) is 6.92 Å². The molecule has 1 aromatic heterocycles. The van der Waals surface area contributed by atoms with Gasteiger partial charge in [-0.25, -0.2) is 33.5 Å². The summed E-state index contributed by atoms with van der Waals surface area (Å²) >= 11 is 0. The number of nitrogens with one attached hydrogen (secondary N) is 5. The quantitative estimate of drug-likeness (QED) is 0.338. The van der Waals surface area contributed by atoms with Crippen LogP contribution in [0.5, 0.6) is 5.75 Å². The second kappa shape index (κ2) is 10.1. The van der Waals surface area contributed by atoms with Crippen molar-refractivity contribution in [3.05, 3.63) is 70.8 Å². The van der Waals surface area contributed by atoms with Crippen LogP contribution in [0, 0.1) is 11.0 Å². The number of halogens is 2. The fraction of sp³-hybridized carbons (Fsp3) is 0.227. The van der Waals surface area contributed by atoms with Gasteiger partial charge in [-0.05, 0) is 25.1 Å². The van der Waals surface area contributed by atoms with Crippen molar-refractivity contribution in [1.82, 2.24) is 10.3 Å². The first-order chi connectivity index (χ1) is 16.7. The van der Waals surface area contributed by atoms with Gasteiger partial charge in [0.1, 0.15) is 29.8 Å². The van der Waals surface area contributed by atoms with Crippen molar-refractivity contribution < 1.29 is 38.4 Å². The van der Waals surface area contributed by atoms with Crippen molar-refractivity contribution in [2.75, 3.05) is 17.2 Å². The molecule has 1 aliphatic heterocycles. The number of rotatable bonds is 6. The standard InChI is InChI=1S/C22H22F2N6O5/c1-2-29-11-14-18(7-8-25-20(14)28-22(29)32)35-19-6-3-12(9-16(19)24)26-21(31)27-17-10-13(30(33)34)4-5-15(17)23/h3-8,10,12,30,33H,2,9,11H2,1H3,(H,25,28,32)(H2,26,27,31)/p+1. The first-order valence-electron chi connectivity index (χ1n) is 10.7. The summed E-state index contributed by atoms with van der Waals surface area (Å²) < 4.78 is 34.5. The molecule has 2 aliphatic rings. The Balaban J connectivity index is 1.40. The maximum Gasteiger partial charge on any atom is 0.420 e. The molecule has 11 nitrogen and oxygen atoms in total. The Morgan fingerprint density at radius 2 is 2.20 bits per heavy atom. The molecular formula is C22H23F2N6O5+. The van der Waals surface area contributed by atoms with E-state index in [-0.39, 0.29) is 29.6 Å². The lowest BCUT2D eigenvalue weighted by Gasteiger charge is -2.25. The minimum Gasteiger partial charge on any atom is -0.595 e. The zero-order chi connectivity index (χ0) is 25.1. The molecule has 0 saturated heterocycles. The molecular weight excluding hydrogens is 466 g/mol. The van der Waals surface area contributed by atoms with Gasteiger partial charge in [-0.3, -0.25) is 5.32 Å². The highest BCUT2D eigenvalue weighted by molar-refractivity contribution is 5.90. The van der Waals surface area contributed by atoms with Gasteiger partial charge in [-0.1, -0.05) is 6.08 Å². The minimum atomic E-state index is -1.27. The number of benzene rings is 1. The van der Waals surface area contributed by atoms with Crippen LogP contribution in [0.4, 0.5) is 35.6 Å². The molecule has 0 bridgehead atoms. The van der Waals surface area contributed by atoms with Gasteiger partial charge in [0.15, 0.2) is 11.4 Å². The van der Waals surface area contributed by atoms with Crippen LogP contribution in [0.15, 0.2) is 54.2 Å². The number of urea groups is 2. The summed E-state index contributed by atoms with van der Waals surface area (Å²) in [5, 5.41) is 26.2. The van der Waals surface area contributed by atoms with E-state index in [9.17, 15) is 23.6 Å². The molecule has 0 radical (unpaired) electrons. The number of nitrogens with zero attached hydrogens (tertiary/aromatic N) is 1. The number of hydrogen-bond donors (Lipinski definition) is 6. The van der Waals surface area contributed by atoms with E-state index in [0.717, 1.165) is 18.2 Å². The number of aromatic nitrogens is 1. The van der Waals surface area contributed by atoms with Gasteiger partial charge in [0.25, 0.3) is 0 Å². The summed E-state index contributed by atoms with van der Waals surface area (Å²) in [4.78, 5) is 29.1. The highest BCUT2D eigenvalue weighted by atomic mass is 19.1. The van der Waals surface area contributed by atoms with Crippen LogP contribution >= 0.6 is 0 Å². The van der Waals surface area contributed by atoms with Crippen LogP contribution in [-0.4, -0.2) is 34.8 Å². The summed E-state index contributed by atoms with van der Waals surface area (Å²) in [5.41, 5.74) is 0.125. The Kier molecular flexibility index (Phi) is 7.02. The predicted octanol–water partition coefficient (Wildman–Crippen LogP) is 1.28. The highest BCUT2D eigenvalue weighted by Crippen LogP contribution is 2.30. The number of amides is 4. The minimum absolute atomic E-state index is 0.0491. The van der Waals surface area contributed by atoms with Crippen molar-refractivity contribution in [3.63, 3.8) is 0 Å². The van der Waals surface area contributed by atoms with Gasteiger partial charge < -0.3 is 20.6 Å². The van der Waals surface area contributed by atoms with Crippen molar-refractivity contribution in [2.45, 2.75) is 25.9 Å². The first kappa shape index (κ1) is 24.2. The lowest BCUT2D eigenvalue weighted by Crippen LogP contribution is -3.14. The summed E-state index contributed by atoms with van der Waals surface area (Å²) in [6, 6.07) is 2.78. The highest BCUT2D eigenvalue weighted by Gasteiger charge is 2.30. The average molecular weight is 489 g/mol. The second-order valence-electron chi connectivity index (χ2n) is 7.86. The third-order valence-electron chi connectivity index (χ3n) is 5.53. The number of carbonyl (C=O) groups excluding carboxylic acids is 2. The van der Waals surface area contributed by atoms with Gasteiger partial charge in [0.05, 0.1) is 23.8 Å². The van der Waals surface area contributed by atoms with E-state index in [1.165, 1.54) is 18.3 Å². The molecule has 0 saturated carbocycles. The van der Waals surface area contributed by atoms with Crippen LogP contribution in [0.2, 0.25) is 0 Å². The Morgan fingerprint density at radius 3 is 2.91 bits per heavy atom. The maximum atomic E-state index is 14.8. The third kappa shape index (κ3) is 5.44. The Morgan fingerprint density at radius 1 is 1.40 bits per heavy atom. The van der Waals surface area contributed by atoms with Crippen molar-refractivity contribution >= 4 is 29.3 Å². The molecule has 1 aromatic carbocycles. The molecule has 13 heteroatoms.